The first-order valence-electron chi connectivity index (χ1n) is 5.88. The van der Waals surface area contributed by atoms with Gasteiger partial charge in [0.15, 0.2) is 0 Å². The van der Waals surface area contributed by atoms with Crippen LogP contribution in [0.5, 0.6) is 0 Å². The molecule has 4 nitrogen and oxygen atoms in total. The summed E-state index contributed by atoms with van der Waals surface area (Å²) in [4.78, 5) is 17.7. The highest BCUT2D eigenvalue weighted by Gasteiger charge is 2.19. The van der Waals surface area contributed by atoms with Crippen LogP contribution in [0.15, 0.2) is 18.3 Å². The molecule has 1 amide bonds. The number of amides is 1. The summed E-state index contributed by atoms with van der Waals surface area (Å²) in [6, 6.07) is 3.83. The fraction of sp³-hybridized carbons (Fsp3) is 0.538. The molecule has 0 saturated heterocycles. The Kier molecular flexibility index (Phi) is 6.15. The smallest absolute Gasteiger partial charge is 0.251 e. The van der Waals surface area contributed by atoms with Gasteiger partial charge in [-0.25, -0.2) is 0 Å². The summed E-state index contributed by atoms with van der Waals surface area (Å²) >= 11 is 1.62. The van der Waals surface area contributed by atoms with E-state index in [0.717, 1.165) is 17.0 Å². The first-order valence-corrected chi connectivity index (χ1v) is 7.28. The highest BCUT2D eigenvalue weighted by atomic mass is 32.2. The third-order valence-corrected chi connectivity index (χ3v) is 3.41. The van der Waals surface area contributed by atoms with E-state index >= 15 is 0 Å². The highest BCUT2D eigenvalue weighted by molar-refractivity contribution is 7.98. The van der Waals surface area contributed by atoms with Gasteiger partial charge in [-0.3, -0.25) is 9.78 Å². The van der Waals surface area contributed by atoms with E-state index in [1.54, 1.807) is 25.0 Å². The van der Waals surface area contributed by atoms with Gasteiger partial charge in [0.2, 0.25) is 0 Å². The number of likely N-dealkylation sites (N-methyl/N-ethyl adjacent to an activating group) is 1. The van der Waals surface area contributed by atoms with E-state index < -0.39 is 6.10 Å². The molecule has 0 saturated carbocycles. The Morgan fingerprint density at radius 2 is 2.33 bits per heavy atom. The van der Waals surface area contributed by atoms with Gasteiger partial charge in [0.1, 0.15) is 6.10 Å². The number of aromatic nitrogens is 1. The standard InChI is InChI=1S/C13H20N2O2S/c1-10-5-4-7-14-11(10)9-15(2)13(17)12(16)6-8-18-3/h4-5,7,12,16H,6,8-9H2,1-3H3. The van der Waals surface area contributed by atoms with Gasteiger partial charge in [0.05, 0.1) is 12.2 Å². The number of carbonyl (C=O) groups excluding carboxylic acids is 1. The maximum absolute atomic E-state index is 11.9. The number of thioether (sulfide) groups is 1. The Morgan fingerprint density at radius 3 is 2.94 bits per heavy atom. The summed E-state index contributed by atoms with van der Waals surface area (Å²) in [6.45, 7) is 2.40. The van der Waals surface area contributed by atoms with E-state index in [-0.39, 0.29) is 5.91 Å². The highest BCUT2D eigenvalue weighted by Crippen LogP contribution is 2.09. The molecule has 1 rings (SSSR count). The second-order valence-corrected chi connectivity index (χ2v) is 5.24. The Morgan fingerprint density at radius 1 is 1.61 bits per heavy atom. The number of aryl methyl sites for hydroxylation is 1. The second-order valence-electron chi connectivity index (χ2n) is 4.26. The normalized spacial score (nSPS) is 12.2. The molecule has 18 heavy (non-hydrogen) atoms. The van der Waals surface area contributed by atoms with Gasteiger partial charge in [0.25, 0.3) is 5.91 Å². The van der Waals surface area contributed by atoms with Gasteiger partial charge >= 0.3 is 0 Å². The van der Waals surface area contributed by atoms with Crippen LogP contribution in [0.1, 0.15) is 17.7 Å². The summed E-state index contributed by atoms with van der Waals surface area (Å²) in [5.74, 6) is 0.540. The van der Waals surface area contributed by atoms with Crippen LogP contribution in [0.3, 0.4) is 0 Å². The number of hydrogen-bond donors (Lipinski definition) is 1. The monoisotopic (exact) mass is 268 g/mol. The molecule has 0 aliphatic heterocycles. The zero-order chi connectivity index (χ0) is 13.5. The van der Waals surface area contributed by atoms with E-state index in [9.17, 15) is 9.90 Å². The van der Waals surface area contributed by atoms with Crippen LogP contribution in [0, 0.1) is 6.92 Å². The first kappa shape index (κ1) is 15.0. The van der Waals surface area contributed by atoms with Crippen LogP contribution in [0.2, 0.25) is 0 Å². The molecule has 100 valence electrons. The minimum Gasteiger partial charge on any atom is -0.383 e. The number of carbonyl (C=O) groups is 1. The first-order chi connectivity index (χ1) is 8.56. The number of hydrogen-bond acceptors (Lipinski definition) is 4. The van der Waals surface area contributed by atoms with Crippen molar-refractivity contribution in [2.45, 2.75) is 26.0 Å². The van der Waals surface area contributed by atoms with Crippen LogP contribution < -0.4 is 0 Å². The molecule has 1 N–H and O–H groups in total. The van der Waals surface area contributed by atoms with Gasteiger partial charge in [-0.2, -0.15) is 11.8 Å². The molecule has 1 unspecified atom stereocenters. The number of rotatable bonds is 6. The Balaban J connectivity index is 2.57. The SMILES string of the molecule is CSCCC(O)C(=O)N(C)Cc1ncccc1C. The maximum atomic E-state index is 11.9. The van der Waals surface area contributed by atoms with Crippen LogP contribution in [-0.2, 0) is 11.3 Å². The van der Waals surface area contributed by atoms with E-state index in [0.29, 0.717) is 13.0 Å². The number of aliphatic hydroxyl groups excluding tert-OH is 1. The van der Waals surface area contributed by atoms with Crippen molar-refractivity contribution in [1.29, 1.82) is 0 Å². The van der Waals surface area contributed by atoms with Crippen molar-refractivity contribution in [2.24, 2.45) is 0 Å². The fourth-order valence-corrected chi connectivity index (χ4v) is 2.05. The fourth-order valence-electron chi connectivity index (χ4n) is 1.59. The van der Waals surface area contributed by atoms with Crippen LogP contribution in [0.4, 0.5) is 0 Å². The molecule has 0 aliphatic carbocycles. The quantitative estimate of drug-likeness (QED) is 0.848. The zero-order valence-electron chi connectivity index (χ0n) is 11.1. The molecular weight excluding hydrogens is 248 g/mol. The lowest BCUT2D eigenvalue weighted by Gasteiger charge is -2.20. The van der Waals surface area contributed by atoms with E-state index in [2.05, 4.69) is 4.98 Å². The summed E-state index contributed by atoms with van der Waals surface area (Å²) in [5, 5.41) is 9.74. The molecule has 0 aliphatic rings. The lowest BCUT2D eigenvalue weighted by molar-refractivity contribution is -0.139. The number of nitrogens with zero attached hydrogens (tertiary/aromatic N) is 2. The Bertz CT molecular complexity index is 398. The molecule has 1 aromatic rings. The minimum atomic E-state index is -0.911. The average molecular weight is 268 g/mol. The molecule has 1 atom stereocenters. The zero-order valence-corrected chi connectivity index (χ0v) is 11.9. The molecule has 0 aromatic carbocycles. The van der Waals surface area contributed by atoms with Crippen LogP contribution in [0.25, 0.3) is 0 Å². The average Bonchev–Trinajstić information content (AvgIpc) is 2.37. The molecule has 5 heteroatoms. The predicted molar refractivity (Wildman–Crippen MR) is 74.5 cm³/mol. The van der Waals surface area contributed by atoms with Gasteiger partial charge in [-0.05, 0) is 37.0 Å². The molecule has 0 spiro atoms. The minimum absolute atomic E-state index is 0.242. The summed E-state index contributed by atoms with van der Waals surface area (Å²) in [7, 11) is 1.69. The topological polar surface area (TPSA) is 53.4 Å². The van der Waals surface area contributed by atoms with Gasteiger partial charge in [-0.15, -0.1) is 0 Å². The van der Waals surface area contributed by atoms with Gasteiger partial charge < -0.3 is 10.0 Å². The Labute approximate surface area is 112 Å². The lowest BCUT2D eigenvalue weighted by Crippen LogP contribution is -2.36. The third-order valence-electron chi connectivity index (χ3n) is 2.76. The molecule has 1 heterocycles. The van der Waals surface area contributed by atoms with Crippen molar-refractivity contribution in [2.75, 3.05) is 19.1 Å². The molecule has 0 fully saturated rings. The van der Waals surface area contributed by atoms with Crippen molar-refractivity contribution in [1.82, 2.24) is 9.88 Å². The third kappa shape index (κ3) is 4.31. The van der Waals surface area contributed by atoms with Crippen molar-refractivity contribution in [3.63, 3.8) is 0 Å². The maximum Gasteiger partial charge on any atom is 0.251 e. The molecule has 0 bridgehead atoms. The van der Waals surface area contributed by atoms with Crippen LogP contribution in [-0.4, -0.2) is 46.1 Å². The van der Waals surface area contributed by atoms with Crippen molar-refractivity contribution in [3.8, 4) is 0 Å². The summed E-state index contributed by atoms with van der Waals surface area (Å²) in [6.07, 6.45) is 3.25. The Hall–Kier alpha value is -1.07. The second kappa shape index (κ2) is 7.38. The largest absolute Gasteiger partial charge is 0.383 e. The molecule has 1 aromatic heterocycles. The molecule has 0 radical (unpaired) electrons. The van der Waals surface area contributed by atoms with Gasteiger partial charge in [0, 0.05) is 13.2 Å². The van der Waals surface area contributed by atoms with Crippen LogP contribution >= 0.6 is 11.8 Å². The van der Waals surface area contributed by atoms with E-state index in [1.807, 2.05) is 25.3 Å². The van der Waals surface area contributed by atoms with Crippen molar-refractivity contribution >= 4 is 17.7 Å². The predicted octanol–water partition coefficient (Wildman–Crippen LogP) is 1.46. The van der Waals surface area contributed by atoms with Gasteiger partial charge in [-0.1, -0.05) is 6.07 Å². The lowest BCUT2D eigenvalue weighted by atomic mass is 10.2. The molecular formula is C13H20N2O2S. The van der Waals surface area contributed by atoms with Crippen molar-refractivity contribution < 1.29 is 9.90 Å². The number of pyridine rings is 1. The number of aliphatic hydroxyl groups is 1. The van der Waals surface area contributed by atoms with E-state index in [1.165, 1.54) is 4.90 Å². The summed E-state index contributed by atoms with van der Waals surface area (Å²) in [5.41, 5.74) is 1.92. The summed E-state index contributed by atoms with van der Waals surface area (Å²) < 4.78 is 0. The van der Waals surface area contributed by atoms with Crippen molar-refractivity contribution in [3.05, 3.63) is 29.6 Å². The van der Waals surface area contributed by atoms with E-state index in [4.69, 9.17) is 0 Å².